The highest BCUT2D eigenvalue weighted by molar-refractivity contribution is 7.26. The van der Waals surface area contributed by atoms with Gasteiger partial charge in [-0.15, -0.1) is 11.3 Å². The third kappa shape index (κ3) is 5.88. The highest BCUT2D eigenvalue weighted by atomic mass is 32.1. The molecule has 0 amide bonds. The molecule has 0 unspecified atom stereocenters. The number of thiophene rings is 1. The summed E-state index contributed by atoms with van der Waals surface area (Å²) in [5.41, 5.74) is 25.5. The van der Waals surface area contributed by atoms with E-state index >= 15 is 0 Å². The van der Waals surface area contributed by atoms with Crippen LogP contribution in [0.3, 0.4) is 0 Å². The first-order valence-electron chi connectivity index (χ1n) is 29.1. The lowest BCUT2D eigenvalue weighted by Gasteiger charge is -2.30. The number of aromatic nitrogens is 4. The minimum absolute atomic E-state index is 0.302. The van der Waals surface area contributed by atoms with E-state index in [1.54, 1.807) is 0 Å². The molecule has 3 aliphatic rings. The van der Waals surface area contributed by atoms with Gasteiger partial charge in [0.05, 0.1) is 22.0 Å². The van der Waals surface area contributed by atoms with E-state index in [0.29, 0.717) is 17.5 Å². The number of para-hydroxylation sites is 2. The average Bonchev–Trinajstić information content (AvgIpc) is 1.66. The van der Waals surface area contributed by atoms with E-state index in [4.69, 9.17) is 15.0 Å². The van der Waals surface area contributed by atoms with Crippen molar-refractivity contribution >= 4 is 69.6 Å². The van der Waals surface area contributed by atoms with E-state index in [1.807, 2.05) is 11.3 Å². The smallest absolute Gasteiger partial charge is 0.164 e. The summed E-state index contributed by atoms with van der Waals surface area (Å²) in [6.07, 6.45) is 0. The van der Waals surface area contributed by atoms with Gasteiger partial charge in [0.15, 0.2) is 17.5 Å². The van der Waals surface area contributed by atoms with Crippen LogP contribution in [0.15, 0.2) is 255 Å². The summed E-state index contributed by atoms with van der Waals surface area (Å²) in [5, 5.41) is 7.78. The summed E-state index contributed by atoms with van der Waals surface area (Å²) in [6, 6.07) is 94.4. The lowest BCUT2D eigenvalue weighted by atomic mass is 9.70. The van der Waals surface area contributed by atoms with Gasteiger partial charge in [0.2, 0.25) is 0 Å². The Morgan fingerprint density at radius 2 is 0.786 bits per heavy atom. The fraction of sp³-hybridized carbons (Fsp3) is 0.0506. The highest BCUT2D eigenvalue weighted by Gasteiger charge is 2.52. The molecule has 0 radical (unpaired) electrons. The molecule has 390 valence electrons. The molecule has 84 heavy (non-hydrogen) atoms. The van der Waals surface area contributed by atoms with Gasteiger partial charge in [0, 0.05) is 58.4 Å². The standard InChI is InChI=1S/C79H48N4S/c1-78(2)60-32-11-5-23-50(60)53-29-17-31-58(73(53)78)77-81-75(80-76(82-77)57-30-18-36-64-69(57)55-26-8-14-35-63(55)79(64)61-33-12-6-21-48(61)49-22-7-13-34-62(49)79)54-25-4-3-20-47(54)45-40-42-46(43-41-45)59-44-68-72-71-52(28-19-39-67(71)84-68)51-24-9-15-37-65(51)83-66-38-16-10-27-56(66)70(59)74(72)83/h3-44H,1-2H3. The third-order valence-electron chi connectivity index (χ3n) is 19.2. The normalized spacial score (nSPS) is 14.0. The zero-order valence-electron chi connectivity index (χ0n) is 45.9. The van der Waals surface area contributed by atoms with Crippen LogP contribution in [0.5, 0.6) is 0 Å². The van der Waals surface area contributed by atoms with Crippen LogP contribution < -0.4 is 0 Å². The van der Waals surface area contributed by atoms with Crippen molar-refractivity contribution in [2.45, 2.75) is 24.7 Å². The maximum atomic E-state index is 5.69. The van der Waals surface area contributed by atoms with Crippen molar-refractivity contribution in [1.29, 1.82) is 0 Å². The minimum atomic E-state index is -0.515. The molecule has 0 bridgehead atoms. The van der Waals surface area contributed by atoms with Crippen molar-refractivity contribution in [3.63, 3.8) is 0 Å². The van der Waals surface area contributed by atoms with Crippen LogP contribution >= 0.6 is 11.3 Å². The molecule has 0 atom stereocenters. The van der Waals surface area contributed by atoms with Gasteiger partial charge >= 0.3 is 0 Å². The van der Waals surface area contributed by atoms with Crippen molar-refractivity contribution in [2.75, 3.05) is 0 Å². The Bertz CT molecular complexity index is 5500. The number of hydrogen-bond donors (Lipinski definition) is 0. The molecule has 19 rings (SSSR count). The maximum absolute atomic E-state index is 5.69. The first-order chi connectivity index (χ1) is 41.4. The Balaban J connectivity index is 0.823. The minimum Gasteiger partial charge on any atom is -0.308 e. The van der Waals surface area contributed by atoms with Gasteiger partial charge < -0.3 is 4.40 Å². The summed E-state index contributed by atoms with van der Waals surface area (Å²) >= 11 is 1.90. The highest BCUT2D eigenvalue weighted by Crippen LogP contribution is 2.64. The third-order valence-corrected chi connectivity index (χ3v) is 20.3. The number of benzene rings is 12. The molecule has 3 aliphatic carbocycles. The number of fused-ring (bicyclic) bond motifs is 19. The Morgan fingerprint density at radius 3 is 1.50 bits per heavy atom. The van der Waals surface area contributed by atoms with Gasteiger partial charge in [0.25, 0.3) is 0 Å². The maximum Gasteiger partial charge on any atom is 0.164 e. The van der Waals surface area contributed by atoms with Gasteiger partial charge in [0.1, 0.15) is 0 Å². The van der Waals surface area contributed by atoms with E-state index in [1.165, 1.54) is 131 Å². The van der Waals surface area contributed by atoms with Crippen LogP contribution in [0.2, 0.25) is 0 Å². The predicted molar refractivity (Wildman–Crippen MR) is 348 cm³/mol. The first-order valence-corrected chi connectivity index (χ1v) is 29.9. The van der Waals surface area contributed by atoms with E-state index < -0.39 is 5.41 Å². The Kier molecular flexibility index (Phi) is 9.18. The van der Waals surface area contributed by atoms with Crippen molar-refractivity contribution in [2.24, 2.45) is 0 Å². The van der Waals surface area contributed by atoms with Gasteiger partial charge in [-0.2, -0.15) is 0 Å². The molecular formula is C79H48N4S. The van der Waals surface area contributed by atoms with Crippen LogP contribution in [0.4, 0.5) is 0 Å². The lowest BCUT2D eigenvalue weighted by Crippen LogP contribution is -2.25. The summed E-state index contributed by atoms with van der Waals surface area (Å²) < 4.78 is 5.15. The van der Waals surface area contributed by atoms with Gasteiger partial charge in [-0.3, -0.25) is 0 Å². The molecule has 0 saturated carbocycles. The number of nitrogens with zero attached hydrogens (tertiary/aromatic N) is 4. The van der Waals surface area contributed by atoms with Crippen molar-refractivity contribution in [1.82, 2.24) is 19.4 Å². The Labute approximate surface area is 488 Å². The fourth-order valence-corrected chi connectivity index (χ4v) is 17.1. The van der Waals surface area contributed by atoms with Crippen LogP contribution in [-0.4, -0.2) is 19.4 Å². The van der Waals surface area contributed by atoms with Crippen molar-refractivity contribution < 1.29 is 0 Å². The average molecular weight is 1090 g/mol. The first kappa shape index (κ1) is 46.3. The summed E-state index contributed by atoms with van der Waals surface area (Å²) in [7, 11) is 0. The summed E-state index contributed by atoms with van der Waals surface area (Å²) in [5.74, 6) is 1.94. The largest absolute Gasteiger partial charge is 0.308 e. The Hall–Kier alpha value is -10.3. The SMILES string of the molecule is CC1(C)c2ccccc2-c2cccc(-c3nc(-c4ccccc4-c4ccc(-c5cc6sc7cccc8c9ccccc9n9c%10ccccc%10c5c9c6c78)cc4)nc(-c4cccc5c4-c4ccccc4C54c5ccccc5-c5ccccc54)n3)c21. The molecule has 12 aromatic carbocycles. The summed E-state index contributed by atoms with van der Waals surface area (Å²) in [6.45, 7) is 4.69. The van der Waals surface area contributed by atoms with Gasteiger partial charge in [-0.25, -0.2) is 15.0 Å². The predicted octanol–water partition coefficient (Wildman–Crippen LogP) is 20.4. The van der Waals surface area contributed by atoms with E-state index in [0.717, 1.165) is 33.4 Å². The molecule has 16 aromatic rings. The van der Waals surface area contributed by atoms with Crippen LogP contribution in [0, 0.1) is 0 Å². The van der Waals surface area contributed by atoms with Gasteiger partial charge in [-0.1, -0.05) is 244 Å². The molecule has 0 saturated heterocycles. The number of hydrogen-bond acceptors (Lipinski definition) is 4. The molecule has 5 heteroatoms. The second-order valence-corrected chi connectivity index (χ2v) is 24.7. The molecule has 1 spiro atoms. The molecule has 0 N–H and O–H groups in total. The zero-order chi connectivity index (χ0) is 55.2. The molecule has 0 fully saturated rings. The van der Waals surface area contributed by atoms with Crippen LogP contribution in [-0.2, 0) is 10.8 Å². The molecule has 4 heterocycles. The van der Waals surface area contributed by atoms with Crippen LogP contribution in [0.25, 0.3) is 148 Å². The zero-order valence-corrected chi connectivity index (χ0v) is 46.8. The van der Waals surface area contributed by atoms with Crippen molar-refractivity contribution in [3.05, 3.63) is 288 Å². The second kappa shape index (κ2) is 16.7. The second-order valence-electron chi connectivity index (χ2n) is 23.6. The fourth-order valence-electron chi connectivity index (χ4n) is 15.9. The van der Waals surface area contributed by atoms with E-state index in [9.17, 15) is 0 Å². The van der Waals surface area contributed by atoms with Crippen molar-refractivity contribution in [3.8, 4) is 89.8 Å². The molecule has 0 aliphatic heterocycles. The lowest BCUT2D eigenvalue weighted by molar-refractivity contribution is 0.661. The topological polar surface area (TPSA) is 43.1 Å². The van der Waals surface area contributed by atoms with Crippen LogP contribution in [0.1, 0.15) is 47.2 Å². The van der Waals surface area contributed by atoms with E-state index in [2.05, 4.69) is 273 Å². The molecular weight excluding hydrogens is 1040 g/mol. The molecule has 4 aromatic heterocycles. The quantitative estimate of drug-likeness (QED) is 0.172. The molecule has 4 nitrogen and oxygen atoms in total. The Morgan fingerprint density at radius 1 is 0.321 bits per heavy atom. The van der Waals surface area contributed by atoms with E-state index in [-0.39, 0.29) is 5.41 Å². The monoisotopic (exact) mass is 1080 g/mol. The summed E-state index contributed by atoms with van der Waals surface area (Å²) in [4.78, 5) is 17.0. The van der Waals surface area contributed by atoms with Gasteiger partial charge in [-0.05, 0) is 119 Å². The number of rotatable bonds is 5.